The smallest absolute Gasteiger partial charge is 0.128 e. The lowest BCUT2D eigenvalue weighted by Crippen LogP contribution is -2.11. The molecule has 2 rings (SSSR count). The fourth-order valence-corrected chi connectivity index (χ4v) is 2.24. The quantitative estimate of drug-likeness (QED) is 0.659. The summed E-state index contributed by atoms with van der Waals surface area (Å²) < 4.78 is 19.4. The molecule has 2 aromatic rings. The van der Waals surface area contributed by atoms with E-state index in [1.807, 2.05) is 19.1 Å². The number of nitrogens with one attached hydrogen (secondary N) is 1. The highest BCUT2D eigenvalue weighted by atomic mass is 79.9. The van der Waals surface area contributed by atoms with Crippen LogP contribution < -0.4 is 10.5 Å². The van der Waals surface area contributed by atoms with Gasteiger partial charge in [0.2, 0.25) is 0 Å². The fourth-order valence-electron chi connectivity index (χ4n) is 1.80. The van der Waals surface area contributed by atoms with E-state index in [2.05, 4.69) is 15.9 Å². The summed E-state index contributed by atoms with van der Waals surface area (Å²) in [6.45, 7) is 2.26. The largest absolute Gasteiger partial charge is 0.489 e. The molecule has 0 aliphatic heterocycles. The van der Waals surface area contributed by atoms with E-state index in [0.29, 0.717) is 22.4 Å². The highest BCUT2D eigenvalue weighted by Crippen LogP contribution is 2.22. The number of amidine groups is 1. The van der Waals surface area contributed by atoms with Gasteiger partial charge in [0.1, 0.15) is 24.0 Å². The van der Waals surface area contributed by atoms with Gasteiger partial charge in [-0.3, -0.25) is 5.41 Å². The standard InChI is InChI=1S/C15H14BrFN2O/c1-9-4-10(15(18)19)2-3-11(9)8-20-14-6-12(16)5-13(17)7-14/h2-7H,8H2,1H3,(H3,18,19). The Morgan fingerprint density at radius 2 is 2.05 bits per heavy atom. The van der Waals surface area contributed by atoms with E-state index < -0.39 is 0 Å². The SMILES string of the molecule is Cc1cc(C(=N)N)ccc1COc1cc(F)cc(Br)c1. The molecule has 0 saturated carbocycles. The molecule has 0 unspecified atom stereocenters. The van der Waals surface area contributed by atoms with Crippen molar-refractivity contribution in [1.29, 1.82) is 5.41 Å². The molecule has 2 aromatic carbocycles. The topological polar surface area (TPSA) is 59.1 Å². The molecule has 104 valence electrons. The molecule has 0 saturated heterocycles. The maximum Gasteiger partial charge on any atom is 0.128 e. The van der Waals surface area contributed by atoms with Crippen LogP contribution in [0.1, 0.15) is 16.7 Å². The first-order valence-electron chi connectivity index (χ1n) is 5.98. The van der Waals surface area contributed by atoms with Crippen molar-refractivity contribution in [3.05, 3.63) is 63.4 Å². The second-order valence-electron chi connectivity index (χ2n) is 4.45. The van der Waals surface area contributed by atoms with Gasteiger partial charge >= 0.3 is 0 Å². The normalized spacial score (nSPS) is 10.3. The molecular formula is C15H14BrFN2O. The second-order valence-corrected chi connectivity index (χ2v) is 5.36. The Hall–Kier alpha value is -1.88. The predicted molar refractivity (Wildman–Crippen MR) is 80.6 cm³/mol. The van der Waals surface area contributed by atoms with Crippen molar-refractivity contribution in [3.63, 3.8) is 0 Å². The molecule has 0 atom stereocenters. The maximum atomic E-state index is 13.2. The molecular weight excluding hydrogens is 323 g/mol. The second kappa shape index (κ2) is 6.05. The van der Waals surface area contributed by atoms with Gasteiger partial charge in [0.15, 0.2) is 0 Å². The van der Waals surface area contributed by atoms with Crippen LogP contribution in [0.15, 0.2) is 40.9 Å². The summed E-state index contributed by atoms with van der Waals surface area (Å²) in [4.78, 5) is 0. The summed E-state index contributed by atoms with van der Waals surface area (Å²) in [5.74, 6) is 0.152. The number of ether oxygens (including phenoxy) is 1. The van der Waals surface area contributed by atoms with Crippen LogP contribution in [0.5, 0.6) is 5.75 Å². The lowest BCUT2D eigenvalue weighted by atomic mass is 10.1. The van der Waals surface area contributed by atoms with Gasteiger partial charge in [-0.1, -0.05) is 28.1 Å². The highest BCUT2D eigenvalue weighted by molar-refractivity contribution is 9.10. The van der Waals surface area contributed by atoms with Crippen LogP contribution in [0.25, 0.3) is 0 Å². The van der Waals surface area contributed by atoms with Gasteiger partial charge in [-0.05, 0) is 36.2 Å². The number of benzene rings is 2. The van der Waals surface area contributed by atoms with E-state index in [1.54, 1.807) is 12.1 Å². The van der Waals surface area contributed by atoms with Crippen molar-refractivity contribution in [2.45, 2.75) is 13.5 Å². The van der Waals surface area contributed by atoms with Crippen LogP contribution in [0.2, 0.25) is 0 Å². The Balaban J connectivity index is 2.12. The van der Waals surface area contributed by atoms with Crippen molar-refractivity contribution in [2.24, 2.45) is 5.73 Å². The molecule has 0 aliphatic carbocycles. The summed E-state index contributed by atoms with van der Waals surface area (Å²) in [6.07, 6.45) is 0. The molecule has 5 heteroatoms. The van der Waals surface area contributed by atoms with Crippen molar-refractivity contribution >= 4 is 21.8 Å². The molecule has 3 nitrogen and oxygen atoms in total. The number of nitrogen functional groups attached to an aromatic ring is 1. The van der Waals surface area contributed by atoms with Crippen molar-refractivity contribution in [1.82, 2.24) is 0 Å². The van der Waals surface area contributed by atoms with Gasteiger partial charge in [-0.15, -0.1) is 0 Å². The van der Waals surface area contributed by atoms with Gasteiger partial charge in [0.05, 0.1) is 0 Å². The highest BCUT2D eigenvalue weighted by Gasteiger charge is 2.05. The zero-order chi connectivity index (χ0) is 14.7. The lowest BCUT2D eigenvalue weighted by Gasteiger charge is -2.10. The van der Waals surface area contributed by atoms with Crippen molar-refractivity contribution in [3.8, 4) is 5.75 Å². The molecule has 0 aliphatic rings. The first-order chi connectivity index (χ1) is 9.45. The van der Waals surface area contributed by atoms with Gasteiger partial charge in [0.25, 0.3) is 0 Å². The molecule has 0 bridgehead atoms. The van der Waals surface area contributed by atoms with Gasteiger partial charge < -0.3 is 10.5 Å². The summed E-state index contributed by atoms with van der Waals surface area (Å²) in [6, 6.07) is 9.89. The molecule has 0 heterocycles. The number of halogens is 2. The number of hydrogen-bond acceptors (Lipinski definition) is 2. The van der Waals surface area contributed by atoms with Gasteiger partial charge in [0, 0.05) is 16.1 Å². The third kappa shape index (κ3) is 3.57. The predicted octanol–water partition coefficient (Wildman–Crippen LogP) is 3.76. The minimum atomic E-state index is -0.349. The molecule has 0 fully saturated rings. The van der Waals surface area contributed by atoms with Crippen molar-refractivity contribution in [2.75, 3.05) is 0 Å². The van der Waals surface area contributed by atoms with Crippen LogP contribution in [-0.4, -0.2) is 5.84 Å². The minimum Gasteiger partial charge on any atom is -0.489 e. The van der Waals surface area contributed by atoms with E-state index >= 15 is 0 Å². The summed E-state index contributed by atoms with van der Waals surface area (Å²) in [5.41, 5.74) is 8.06. The van der Waals surface area contributed by atoms with E-state index in [9.17, 15) is 4.39 Å². The minimum absolute atomic E-state index is 0.0367. The van der Waals surface area contributed by atoms with E-state index in [0.717, 1.165) is 11.1 Å². The Kier molecular flexibility index (Phi) is 4.39. The van der Waals surface area contributed by atoms with Crippen LogP contribution >= 0.6 is 15.9 Å². The number of rotatable bonds is 4. The number of hydrogen-bond donors (Lipinski definition) is 2. The monoisotopic (exact) mass is 336 g/mol. The van der Waals surface area contributed by atoms with Gasteiger partial charge in [-0.2, -0.15) is 0 Å². The number of nitrogens with two attached hydrogens (primary N) is 1. The average molecular weight is 337 g/mol. The first-order valence-corrected chi connectivity index (χ1v) is 6.78. The third-order valence-electron chi connectivity index (χ3n) is 2.88. The van der Waals surface area contributed by atoms with Gasteiger partial charge in [-0.25, -0.2) is 4.39 Å². The van der Waals surface area contributed by atoms with E-state index in [4.69, 9.17) is 15.9 Å². The van der Waals surface area contributed by atoms with E-state index in [-0.39, 0.29) is 11.7 Å². The molecule has 0 aromatic heterocycles. The Labute approximate surface area is 125 Å². The molecule has 0 spiro atoms. The zero-order valence-electron chi connectivity index (χ0n) is 10.9. The molecule has 20 heavy (non-hydrogen) atoms. The maximum absolute atomic E-state index is 13.2. The van der Waals surface area contributed by atoms with Crippen LogP contribution in [0, 0.1) is 18.2 Å². The van der Waals surface area contributed by atoms with E-state index in [1.165, 1.54) is 12.1 Å². The van der Waals surface area contributed by atoms with Crippen LogP contribution in [-0.2, 0) is 6.61 Å². The fraction of sp³-hybridized carbons (Fsp3) is 0.133. The Morgan fingerprint density at radius 3 is 2.65 bits per heavy atom. The molecule has 3 N–H and O–H groups in total. The molecule has 0 radical (unpaired) electrons. The zero-order valence-corrected chi connectivity index (χ0v) is 12.5. The Morgan fingerprint density at radius 1 is 1.30 bits per heavy atom. The van der Waals surface area contributed by atoms with Crippen LogP contribution in [0.3, 0.4) is 0 Å². The third-order valence-corrected chi connectivity index (χ3v) is 3.34. The lowest BCUT2D eigenvalue weighted by molar-refractivity contribution is 0.303. The molecule has 0 amide bonds. The summed E-state index contributed by atoms with van der Waals surface area (Å²) in [7, 11) is 0. The van der Waals surface area contributed by atoms with Crippen molar-refractivity contribution < 1.29 is 9.13 Å². The summed E-state index contributed by atoms with van der Waals surface area (Å²) in [5, 5.41) is 7.39. The summed E-state index contributed by atoms with van der Waals surface area (Å²) >= 11 is 3.22. The number of aryl methyl sites for hydroxylation is 1. The Bertz CT molecular complexity index is 638. The van der Waals surface area contributed by atoms with Crippen LogP contribution in [0.4, 0.5) is 4.39 Å². The average Bonchev–Trinajstić information content (AvgIpc) is 2.36. The first kappa shape index (κ1) is 14.5.